The van der Waals surface area contributed by atoms with Crippen LogP contribution in [0.25, 0.3) is 11.1 Å². The highest BCUT2D eigenvalue weighted by atomic mass is 35.5. The van der Waals surface area contributed by atoms with Gasteiger partial charge in [-0.3, -0.25) is 4.79 Å². The van der Waals surface area contributed by atoms with Gasteiger partial charge in [0.25, 0.3) is 0 Å². The fraction of sp³-hybridized carbons (Fsp3) is 0.150. The maximum absolute atomic E-state index is 11.6. The monoisotopic (exact) mass is 354 g/mol. The van der Waals surface area contributed by atoms with Crippen molar-refractivity contribution in [2.75, 3.05) is 10.6 Å². The standard InChI is InChI=1S/C19H15ClN2O2.CH4/c20-15-4-1-5-17(21-11-14-3-2-8-24-14)19(15)12-6-7-16-13(9-12)10-18(23)22-16;/h1-9,21H,10-11H2,(H,22,23);1H4. The van der Waals surface area contributed by atoms with Gasteiger partial charge in [0.15, 0.2) is 0 Å². The highest BCUT2D eigenvalue weighted by Gasteiger charge is 2.19. The molecule has 2 N–H and O–H groups in total. The van der Waals surface area contributed by atoms with Crippen molar-refractivity contribution in [1.29, 1.82) is 0 Å². The molecule has 25 heavy (non-hydrogen) atoms. The summed E-state index contributed by atoms with van der Waals surface area (Å²) in [7, 11) is 0. The summed E-state index contributed by atoms with van der Waals surface area (Å²) in [5.41, 5.74) is 4.71. The van der Waals surface area contributed by atoms with Gasteiger partial charge in [0.05, 0.1) is 24.3 Å². The number of hydrogen-bond donors (Lipinski definition) is 2. The lowest BCUT2D eigenvalue weighted by Crippen LogP contribution is -2.03. The fourth-order valence-corrected chi connectivity index (χ4v) is 3.23. The van der Waals surface area contributed by atoms with E-state index in [1.54, 1.807) is 6.26 Å². The number of benzene rings is 2. The molecule has 0 bridgehead atoms. The summed E-state index contributed by atoms with van der Waals surface area (Å²) in [5.74, 6) is 0.877. The van der Waals surface area contributed by atoms with Gasteiger partial charge in [-0.1, -0.05) is 31.2 Å². The van der Waals surface area contributed by atoms with Gasteiger partial charge in [0.2, 0.25) is 5.91 Å². The lowest BCUT2D eigenvalue weighted by atomic mass is 10.00. The number of nitrogens with one attached hydrogen (secondary N) is 2. The lowest BCUT2D eigenvalue weighted by Gasteiger charge is -2.14. The SMILES string of the molecule is C.O=C1Cc2cc(-c3c(Cl)cccc3NCc3ccco3)ccc2N1. The number of anilines is 2. The zero-order valence-corrected chi connectivity index (χ0v) is 13.6. The van der Waals surface area contributed by atoms with Gasteiger partial charge < -0.3 is 15.1 Å². The molecule has 1 aliphatic rings. The van der Waals surface area contributed by atoms with Crippen LogP contribution in [0, 0.1) is 0 Å². The molecule has 1 amide bonds. The third-order valence-corrected chi connectivity index (χ3v) is 4.38. The number of fused-ring (bicyclic) bond motifs is 1. The van der Waals surface area contributed by atoms with E-state index in [4.69, 9.17) is 16.0 Å². The van der Waals surface area contributed by atoms with Gasteiger partial charge in [-0.25, -0.2) is 0 Å². The Balaban J connectivity index is 0.00000182. The third kappa shape index (κ3) is 3.39. The normalized spacial score (nSPS) is 12.3. The summed E-state index contributed by atoms with van der Waals surface area (Å²) in [5, 5.41) is 6.88. The summed E-state index contributed by atoms with van der Waals surface area (Å²) >= 11 is 6.46. The van der Waals surface area contributed by atoms with E-state index in [-0.39, 0.29) is 13.3 Å². The maximum Gasteiger partial charge on any atom is 0.228 e. The summed E-state index contributed by atoms with van der Waals surface area (Å²) < 4.78 is 5.36. The first-order valence-electron chi connectivity index (χ1n) is 7.68. The second-order valence-electron chi connectivity index (χ2n) is 5.69. The van der Waals surface area contributed by atoms with Gasteiger partial charge >= 0.3 is 0 Å². The molecular formula is C20H19ClN2O2. The van der Waals surface area contributed by atoms with Gasteiger partial charge in [0.1, 0.15) is 5.76 Å². The molecule has 0 fully saturated rings. The molecule has 0 aliphatic carbocycles. The van der Waals surface area contributed by atoms with E-state index < -0.39 is 0 Å². The molecule has 0 saturated carbocycles. The van der Waals surface area contributed by atoms with Gasteiger partial charge in [-0.2, -0.15) is 0 Å². The molecule has 128 valence electrons. The number of amides is 1. The van der Waals surface area contributed by atoms with Crippen molar-refractivity contribution >= 4 is 28.9 Å². The fourth-order valence-electron chi connectivity index (χ4n) is 2.95. The second kappa shape index (κ2) is 7.03. The Kier molecular flexibility index (Phi) is 4.81. The summed E-state index contributed by atoms with van der Waals surface area (Å²) in [6.45, 7) is 0.575. The van der Waals surface area contributed by atoms with Crippen molar-refractivity contribution in [3.05, 3.63) is 71.1 Å². The quantitative estimate of drug-likeness (QED) is 0.664. The molecular weight excluding hydrogens is 336 g/mol. The van der Waals surface area contributed by atoms with E-state index in [9.17, 15) is 4.79 Å². The van der Waals surface area contributed by atoms with Crippen LogP contribution in [0.5, 0.6) is 0 Å². The van der Waals surface area contributed by atoms with Gasteiger partial charge in [0, 0.05) is 16.9 Å². The van der Waals surface area contributed by atoms with E-state index in [0.717, 1.165) is 33.8 Å². The van der Waals surface area contributed by atoms with Crippen molar-refractivity contribution in [3.8, 4) is 11.1 Å². The first-order valence-corrected chi connectivity index (χ1v) is 8.06. The molecule has 0 spiro atoms. The van der Waals surface area contributed by atoms with E-state index >= 15 is 0 Å². The van der Waals surface area contributed by atoms with Gasteiger partial charge in [-0.15, -0.1) is 0 Å². The van der Waals surface area contributed by atoms with Crippen LogP contribution in [0.15, 0.2) is 59.2 Å². The topological polar surface area (TPSA) is 54.3 Å². The number of furan rings is 1. The predicted molar refractivity (Wildman–Crippen MR) is 102 cm³/mol. The highest BCUT2D eigenvalue weighted by Crippen LogP contribution is 2.37. The van der Waals surface area contributed by atoms with Crippen LogP contribution < -0.4 is 10.6 Å². The van der Waals surface area contributed by atoms with Gasteiger partial charge in [-0.05, 0) is 47.5 Å². The molecule has 0 unspecified atom stereocenters. The predicted octanol–water partition coefficient (Wildman–Crippen LogP) is 5.34. The van der Waals surface area contributed by atoms with Crippen LogP contribution in [-0.2, 0) is 17.8 Å². The average Bonchev–Trinajstić information content (AvgIpc) is 3.20. The minimum absolute atomic E-state index is 0. The van der Waals surface area contributed by atoms with Crippen molar-refractivity contribution in [3.63, 3.8) is 0 Å². The van der Waals surface area contributed by atoms with Crippen LogP contribution in [0.4, 0.5) is 11.4 Å². The first kappa shape index (κ1) is 17.1. The minimum atomic E-state index is 0. The zero-order valence-electron chi connectivity index (χ0n) is 12.8. The number of carbonyl (C=O) groups excluding carboxylic acids is 1. The molecule has 2 aromatic carbocycles. The second-order valence-corrected chi connectivity index (χ2v) is 6.10. The van der Waals surface area contributed by atoms with Crippen molar-refractivity contribution < 1.29 is 9.21 Å². The molecule has 5 heteroatoms. The van der Waals surface area contributed by atoms with Crippen LogP contribution in [0.2, 0.25) is 5.02 Å². The van der Waals surface area contributed by atoms with Crippen molar-refractivity contribution in [2.24, 2.45) is 0 Å². The number of carbonyl (C=O) groups is 1. The highest BCUT2D eigenvalue weighted by molar-refractivity contribution is 6.34. The van der Waals surface area contributed by atoms with E-state index in [1.165, 1.54) is 0 Å². The number of rotatable bonds is 4. The van der Waals surface area contributed by atoms with Crippen molar-refractivity contribution in [2.45, 2.75) is 20.4 Å². The Bertz CT molecular complexity index is 904. The lowest BCUT2D eigenvalue weighted by molar-refractivity contribution is -0.115. The Hall–Kier alpha value is -2.72. The van der Waals surface area contributed by atoms with Crippen LogP contribution in [-0.4, -0.2) is 5.91 Å². The van der Waals surface area contributed by atoms with Crippen LogP contribution in [0.1, 0.15) is 18.8 Å². The first-order chi connectivity index (χ1) is 11.7. The van der Waals surface area contributed by atoms with E-state index in [1.807, 2.05) is 48.5 Å². The molecule has 0 saturated heterocycles. The Morgan fingerprint density at radius 2 is 2.04 bits per heavy atom. The number of halogens is 1. The third-order valence-electron chi connectivity index (χ3n) is 4.07. The summed E-state index contributed by atoms with van der Waals surface area (Å²) in [6, 6.07) is 15.5. The molecule has 3 aromatic rings. The zero-order chi connectivity index (χ0) is 16.5. The molecule has 2 heterocycles. The van der Waals surface area contributed by atoms with E-state index in [2.05, 4.69) is 10.6 Å². The average molecular weight is 355 g/mol. The molecule has 4 nitrogen and oxygen atoms in total. The Labute approximate surface area is 151 Å². The summed E-state index contributed by atoms with van der Waals surface area (Å²) in [4.78, 5) is 11.6. The van der Waals surface area contributed by atoms with Crippen LogP contribution >= 0.6 is 11.6 Å². The molecule has 1 aromatic heterocycles. The molecule has 1 aliphatic heterocycles. The number of hydrogen-bond acceptors (Lipinski definition) is 3. The smallest absolute Gasteiger partial charge is 0.228 e. The Morgan fingerprint density at radius 3 is 2.84 bits per heavy atom. The van der Waals surface area contributed by atoms with E-state index in [0.29, 0.717) is 18.0 Å². The maximum atomic E-state index is 11.6. The molecule has 0 radical (unpaired) electrons. The Morgan fingerprint density at radius 1 is 1.16 bits per heavy atom. The molecule has 0 atom stereocenters. The van der Waals surface area contributed by atoms with Crippen molar-refractivity contribution in [1.82, 2.24) is 0 Å². The largest absolute Gasteiger partial charge is 0.467 e. The molecule has 4 rings (SSSR count). The van der Waals surface area contributed by atoms with Crippen LogP contribution in [0.3, 0.4) is 0 Å². The summed E-state index contributed by atoms with van der Waals surface area (Å²) in [6.07, 6.45) is 2.06. The minimum Gasteiger partial charge on any atom is -0.467 e.